The van der Waals surface area contributed by atoms with Crippen molar-refractivity contribution < 1.29 is 0 Å². The second-order valence-electron chi connectivity index (χ2n) is 6.18. The van der Waals surface area contributed by atoms with E-state index in [1.165, 1.54) is 0 Å². The van der Waals surface area contributed by atoms with Crippen LogP contribution in [0.5, 0.6) is 0 Å². The van der Waals surface area contributed by atoms with Gasteiger partial charge in [-0.3, -0.25) is 4.98 Å². The average molecular weight is 388 g/mol. The molecule has 0 amide bonds. The summed E-state index contributed by atoms with van der Waals surface area (Å²) in [5.41, 5.74) is 3.77. The number of aromatic nitrogens is 3. The maximum Gasteiger partial charge on any atom is 0.225 e. The van der Waals surface area contributed by atoms with Gasteiger partial charge in [0.1, 0.15) is 5.82 Å². The molecule has 0 atom stereocenters. The number of rotatable bonds is 6. The van der Waals surface area contributed by atoms with Crippen LogP contribution in [-0.4, -0.2) is 15.0 Å². The van der Waals surface area contributed by atoms with Crippen LogP contribution in [0.4, 0.5) is 17.5 Å². The first-order valence-corrected chi connectivity index (χ1v) is 9.24. The quantitative estimate of drug-likeness (QED) is 0.454. The average Bonchev–Trinajstić information content (AvgIpc) is 2.74. The molecule has 0 aliphatic rings. The van der Waals surface area contributed by atoms with Gasteiger partial charge >= 0.3 is 0 Å². The van der Waals surface area contributed by atoms with Gasteiger partial charge in [0, 0.05) is 41.3 Å². The van der Waals surface area contributed by atoms with Crippen molar-refractivity contribution in [3.63, 3.8) is 0 Å². The minimum atomic E-state index is 0.537. The zero-order chi connectivity index (χ0) is 19.2. The molecular weight excluding hydrogens is 370 g/mol. The molecular formula is C22H18ClN5. The summed E-state index contributed by atoms with van der Waals surface area (Å²) in [6, 6.07) is 23.4. The Morgan fingerprint density at radius 3 is 2.54 bits per heavy atom. The fraction of sp³-hybridized carbons (Fsp3) is 0.0455. The smallest absolute Gasteiger partial charge is 0.225 e. The second-order valence-corrected chi connectivity index (χ2v) is 6.61. The zero-order valence-corrected chi connectivity index (χ0v) is 15.8. The van der Waals surface area contributed by atoms with Crippen LogP contribution >= 0.6 is 11.6 Å². The van der Waals surface area contributed by atoms with Crippen molar-refractivity contribution in [1.29, 1.82) is 0 Å². The van der Waals surface area contributed by atoms with Gasteiger partial charge in [0.2, 0.25) is 5.95 Å². The molecule has 0 unspecified atom stereocenters. The number of halogens is 1. The minimum absolute atomic E-state index is 0.537. The summed E-state index contributed by atoms with van der Waals surface area (Å²) in [7, 11) is 0. The van der Waals surface area contributed by atoms with Crippen LogP contribution < -0.4 is 10.6 Å². The van der Waals surface area contributed by atoms with E-state index in [1.807, 2.05) is 79.0 Å². The lowest BCUT2D eigenvalue weighted by Gasteiger charge is -2.12. The van der Waals surface area contributed by atoms with Gasteiger partial charge in [-0.05, 0) is 29.8 Å². The molecule has 6 heteroatoms. The van der Waals surface area contributed by atoms with E-state index in [-0.39, 0.29) is 0 Å². The third kappa shape index (κ3) is 4.64. The molecule has 2 aromatic carbocycles. The van der Waals surface area contributed by atoms with Gasteiger partial charge in [0.25, 0.3) is 0 Å². The number of nitrogens with one attached hydrogen (secondary N) is 2. The first-order valence-electron chi connectivity index (χ1n) is 8.86. The molecule has 0 bridgehead atoms. The predicted molar refractivity (Wildman–Crippen MR) is 114 cm³/mol. The molecule has 0 fully saturated rings. The molecule has 2 N–H and O–H groups in total. The van der Waals surface area contributed by atoms with Gasteiger partial charge in [-0.25, -0.2) is 4.98 Å². The summed E-state index contributed by atoms with van der Waals surface area (Å²) in [5.74, 6) is 1.22. The Morgan fingerprint density at radius 2 is 1.75 bits per heavy atom. The second kappa shape index (κ2) is 8.50. The van der Waals surface area contributed by atoms with E-state index in [2.05, 4.69) is 25.6 Å². The monoisotopic (exact) mass is 387 g/mol. The highest BCUT2D eigenvalue weighted by Gasteiger charge is 2.08. The molecule has 2 aromatic heterocycles. The number of anilines is 3. The minimum Gasteiger partial charge on any atom is -0.350 e. The summed E-state index contributed by atoms with van der Waals surface area (Å²) in [6.45, 7) is 0.586. The van der Waals surface area contributed by atoms with Crippen molar-refractivity contribution in [3.8, 4) is 11.3 Å². The van der Waals surface area contributed by atoms with Crippen LogP contribution in [0.15, 0.2) is 85.2 Å². The van der Waals surface area contributed by atoms with Crippen molar-refractivity contribution >= 4 is 29.1 Å². The molecule has 138 valence electrons. The zero-order valence-electron chi connectivity index (χ0n) is 15.0. The van der Waals surface area contributed by atoms with E-state index in [9.17, 15) is 0 Å². The fourth-order valence-corrected chi connectivity index (χ4v) is 2.94. The van der Waals surface area contributed by atoms with Crippen molar-refractivity contribution in [3.05, 3.63) is 95.8 Å². The van der Waals surface area contributed by atoms with E-state index in [4.69, 9.17) is 11.6 Å². The fourth-order valence-electron chi connectivity index (χ4n) is 2.75. The van der Waals surface area contributed by atoms with Crippen molar-refractivity contribution in [2.24, 2.45) is 0 Å². The van der Waals surface area contributed by atoms with Gasteiger partial charge in [0.15, 0.2) is 0 Å². The molecule has 0 aliphatic carbocycles. The van der Waals surface area contributed by atoms with Crippen LogP contribution in [-0.2, 0) is 6.54 Å². The lowest BCUT2D eigenvalue weighted by atomic mass is 10.1. The number of benzene rings is 2. The maximum absolute atomic E-state index is 6.10. The number of hydrogen-bond acceptors (Lipinski definition) is 5. The SMILES string of the molecule is Clc1cccc(Nc2cc(-c3ccccc3)nc(NCc3cccnc3)n2)c1. The van der Waals surface area contributed by atoms with E-state index in [0.29, 0.717) is 23.3 Å². The van der Waals surface area contributed by atoms with Crippen molar-refractivity contribution in [2.75, 3.05) is 10.6 Å². The Hall–Kier alpha value is -3.44. The molecule has 28 heavy (non-hydrogen) atoms. The Labute approximate surface area is 168 Å². The Bertz CT molecular complexity index is 1050. The molecule has 5 nitrogen and oxygen atoms in total. The Kier molecular flexibility index (Phi) is 5.45. The van der Waals surface area contributed by atoms with Gasteiger partial charge in [-0.15, -0.1) is 0 Å². The van der Waals surface area contributed by atoms with Crippen LogP contribution in [0.2, 0.25) is 5.02 Å². The van der Waals surface area contributed by atoms with Crippen molar-refractivity contribution in [2.45, 2.75) is 6.54 Å². The summed E-state index contributed by atoms with van der Waals surface area (Å²) in [5, 5.41) is 7.25. The van der Waals surface area contributed by atoms with E-state index in [1.54, 1.807) is 6.20 Å². The van der Waals surface area contributed by atoms with E-state index >= 15 is 0 Å². The normalized spacial score (nSPS) is 10.5. The highest BCUT2D eigenvalue weighted by Crippen LogP contribution is 2.25. The molecule has 0 spiro atoms. The third-order valence-corrected chi connectivity index (χ3v) is 4.30. The Balaban J connectivity index is 1.64. The Morgan fingerprint density at radius 1 is 0.857 bits per heavy atom. The third-order valence-electron chi connectivity index (χ3n) is 4.07. The van der Waals surface area contributed by atoms with Gasteiger partial charge < -0.3 is 10.6 Å². The predicted octanol–water partition coefficient (Wildman–Crippen LogP) is 5.55. The number of nitrogens with zero attached hydrogens (tertiary/aromatic N) is 3. The molecule has 4 rings (SSSR count). The first-order chi connectivity index (χ1) is 13.8. The lowest BCUT2D eigenvalue weighted by molar-refractivity contribution is 1.04. The summed E-state index contributed by atoms with van der Waals surface area (Å²) in [4.78, 5) is 13.4. The van der Waals surface area contributed by atoms with Crippen LogP contribution in [0.3, 0.4) is 0 Å². The molecule has 2 heterocycles. The summed E-state index contributed by atoms with van der Waals surface area (Å²) in [6.07, 6.45) is 3.57. The van der Waals surface area contributed by atoms with Gasteiger partial charge in [0.05, 0.1) is 5.69 Å². The topological polar surface area (TPSA) is 62.7 Å². The molecule has 0 aliphatic heterocycles. The molecule has 0 saturated heterocycles. The standard InChI is InChI=1S/C22H18ClN5/c23-18-9-4-10-19(12-18)26-21-13-20(17-7-2-1-3-8-17)27-22(28-21)25-15-16-6-5-11-24-14-16/h1-14H,15H2,(H2,25,26,27,28). The molecule has 0 radical (unpaired) electrons. The van der Waals surface area contributed by atoms with Crippen molar-refractivity contribution in [1.82, 2.24) is 15.0 Å². The van der Waals surface area contributed by atoms with Crippen LogP contribution in [0.1, 0.15) is 5.56 Å². The summed E-state index contributed by atoms with van der Waals surface area (Å²) >= 11 is 6.10. The highest BCUT2D eigenvalue weighted by atomic mass is 35.5. The molecule has 4 aromatic rings. The maximum atomic E-state index is 6.10. The van der Waals surface area contributed by atoms with Crippen LogP contribution in [0.25, 0.3) is 11.3 Å². The van der Waals surface area contributed by atoms with E-state index < -0.39 is 0 Å². The van der Waals surface area contributed by atoms with Gasteiger partial charge in [-0.1, -0.05) is 54.1 Å². The summed E-state index contributed by atoms with van der Waals surface area (Å²) < 4.78 is 0. The first kappa shape index (κ1) is 17.9. The highest BCUT2D eigenvalue weighted by molar-refractivity contribution is 6.30. The lowest BCUT2D eigenvalue weighted by Crippen LogP contribution is -2.06. The van der Waals surface area contributed by atoms with E-state index in [0.717, 1.165) is 22.5 Å². The number of hydrogen-bond donors (Lipinski definition) is 2. The molecule has 0 saturated carbocycles. The number of pyridine rings is 1. The largest absolute Gasteiger partial charge is 0.350 e. The van der Waals surface area contributed by atoms with Crippen LogP contribution in [0, 0.1) is 0 Å². The van der Waals surface area contributed by atoms with Gasteiger partial charge in [-0.2, -0.15) is 4.98 Å².